The largest absolute Gasteiger partial charge is 0.443 e. The molecule has 0 spiro atoms. The molecule has 0 aliphatic carbocycles. The Bertz CT molecular complexity index is 510. The molecule has 1 aromatic rings. The first-order valence-corrected chi connectivity index (χ1v) is 5.53. The number of rotatable bonds is 1. The normalized spacial score (nSPS) is 22.3. The predicted octanol–water partition coefficient (Wildman–Crippen LogP) is 3.55. The summed E-state index contributed by atoms with van der Waals surface area (Å²) >= 11 is 11.4. The number of cyclic esters (lactones) is 1. The van der Waals surface area contributed by atoms with Crippen LogP contribution in [0.25, 0.3) is 0 Å². The van der Waals surface area contributed by atoms with Crippen LogP contribution in [-0.4, -0.2) is 18.6 Å². The zero-order valence-electron chi connectivity index (χ0n) is 8.65. The quantitative estimate of drug-likeness (QED) is 0.805. The molecule has 1 atom stereocenters. The van der Waals surface area contributed by atoms with Crippen molar-refractivity contribution in [3.63, 3.8) is 0 Å². The van der Waals surface area contributed by atoms with E-state index >= 15 is 0 Å². The molecule has 3 nitrogen and oxygen atoms in total. The third-order valence-electron chi connectivity index (χ3n) is 2.45. The third-order valence-corrected chi connectivity index (χ3v) is 3.27. The topological polar surface area (TPSA) is 38.3 Å². The zero-order valence-corrected chi connectivity index (χ0v) is 10.2. The highest BCUT2D eigenvalue weighted by molar-refractivity contribution is 6.42. The molecular weight excluding hydrogens is 294 g/mol. The summed E-state index contributed by atoms with van der Waals surface area (Å²) in [6.07, 6.45) is -1.07. The Kier molecular flexibility index (Phi) is 3.33. The number of nitrogens with one attached hydrogen (secondary N) is 1. The molecule has 1 fully saturated rings. The Morgan fingerprint density at radius 2 is 2.06 bits per heavy atom. The first-order valence-electron chi connectivity index (χ1n) is 4.77. The molecule has 1 saturated heterocycles. The number of hydrogen-bond donors (Lipinski definition) is 1. The second-order valence-corrected chi connectivity index (χ2v) is 4.46. The third kappa shape index (κ3) is 2.22. The number of carbonyl (C=O) groups excluding carboxylic acids is 1. The van der Waals surface area contributed by atoms with Crippen LogP contribution in [0.15, 0.2) is 12.1 Å². The van der Waals surface area contributed by atoms with E-state index in [1.807, 2.05) is 5.32 Å². The molecule has 1 aliphatic rings. The number of hydrogen-bond acceptors (Lipinski definition) is 2. The molecule has 0 unspecified atom stereocenters. The molecular formula is C10H6Cl2F3NO2. The first kappa shape index (κ1) is 13.3. The Morgan fingerprint density at radius 3 is 2.72 bits per heavy atom. The Labute approximate surface area is 110 Å². The lowest BCUT2D eigenvalue weighted by molar-refractivity contribution is -0.104. The summed E-state index contributed by atoms with van der Waals surface area (Å²) in [6, 6.07) is 0.133. The molecule has 8 heteroatoms. The first-order chi connectivity index (χ1) is 8.33. The summed E-state index contributed by atoms with van der Waals surface area (Å²) in [5.74, 6) is -4.46. The standard InChI is InChI=1S/C10H6Cl2F3NO2/c11-4-1-2-5(13)6(7(4)12)8-10(14,15)3-18-9(17)16-8/h1-2,8H,3H2,(H,16,17)/t8-/m0/s1. The van der Waals surface area contributed by atoms with Gasteiger partial charge in [0.25, 0.3) is 0 Å². The van der Waals surface area contributed by atoms with E-state index < -0.39 is 36.0 Å². The van der Waals surface area contributed by atoms with Crippen molar-refractivity contribution in [1.82, 2.24) is 5.32 Å². The molecule has 1 heterocycles. The second kappa shape index (κ2) is 4.51. The molecule has 0 radical (unpaired) electrons. The van der Waals surface area contributed by atoms with Gasteiger partial charge in [-0.05, 0) is 12.1 Å². The van der Waals surface area contributed by atoms with E-state index in [4.69, 9.17) is 23.2 Å². The van der Waals surface area contributed by atoms with Crippen molar-refractivity contribution in [2.45, 2.75) is 12.0 Å². The number of halogens is 5. The van der Waals surface area contributed by atoms with Gasteiger partial charge in [0.15, 0.2) is 6.61 Å². The van der Waals surface area contributed by atoms with E-state index in [9.17, 15) is 18.0 Å². The molecule has 0 bridgehead atoms. The van der Waals surface area contributed by atoms with Gasteiger partial charge in [-0.2, -0.15) is 0 Å². The van der Waals surface area contributed by atoms with Gasteiger partial charge in [0, 0.05) is 5.56 Å². The van der Waals surface area contributed by atoms with Crippen LogP contribution in [0.2, 0.25) is 10.0 Å². The molecule has 0 aromatic heterocycles. The van der Waals surface area contributed by atoms with Crippen molar-refractivity contribution in [3.8, 4) is 0 Å². The Morgan fingerprint density at radius 1 is 1.39 bits per heavy atom. The molecule has 1 amide bonds. The smallest absolute Gasteiger partial charge is 0.408 e. The molecule has 1 aliphatic heterocycles. The zero-order chi connectivity index (χ0) is 13.5. The highest BCUT2D eigenvalue weighted by atomic mass is 35.5. The summed E-state index contributed by atoms with van der Waals surface area (Å²) in [5, 5.41) is 1.40. The van der Waals surface area contributed by atoms with Gasteiger partial charge < -0.3 is 10.1 Å². The second-order valence-electron chi connectivity index (χ2n) is 3.67. The summed E-state index contributed by atoms with van der Waals surface area (Å²) in [4.78, 5) is 11.0. The van der Waals surface area contributed by atoms with Crippen molar-refractivity contribution in [2.24, 2.45) is 0 Å². The highest BCUT2D eigenvalue weighted by Gasteiger charge is 2.48. The van der Waals surface area contributed by atoms with Crippen molar-refractivity contribution < 1.29 is 22.7 Å². The fourth-order valence-corrected chi connectivity index (χ4v) is 2.03. The van der Waals surface area contributed by atoms with Gasteiger partial charge in [0.1, 0.15) is 11.9 Å². The van der Waals surface area contributed by atoms with Crippen LogP contribution in [0, 0.1) is 5.82 Å². The molecule has 1 aromatic carbocycles. The van der Waals surface area contributed by atoms with Gasteiger partial charge in [-0.3, -0.25) is 0 Å². The van der Waals surface area contributed by atoms with Gasteiger partial charge >= 0.3 is 12.0 Å². The lowest BCUT2D eigenvalue weighted by Crippen LogP contribution is -2.50. The number of carbonyl (C=O) groups is 1. The molecule has 0 saturated carbocycles. The van der Waals surface area contributed by atoms with Crippen molar-refractivity contribution in [3.05, 3.63) is 33.6 Å². The van der Waals surface area contributed by atoms with Gasteiger partial charge in [-0.15, -0.1) is 0 Å². The van der Waals surface area contributed by atoms with Crippen LogP contribution in [0.1, 0.15) is 11.6 Å². The summed E-state index contributed by atoms with van der Waals surface area (Å²) in [7, 11) is 0. The number of alkyl halides is 2. The number of benzene rings is 1. The minimum Gasteiger partial charge on any atom is -0.443 e. The SMILES string of the molecule is O=C1N[C@@H](c2c(F)ccc(Cl)c2Cl)C(F)(F)CO1. The van der Waals surface area contributed by atoms with Gasteiger partial charge in [-0.1, -0.05) is 23.2 Å². The van der Waals surface area contributed by atoms with Crippen LogP contribution in [0.4, 0.5) is 18.0 Å². The van der Waals surface area contributed by atoms with E-state index in [-0.39, 0.29) is 10.0 Å². The maximum atomic E-state index is 13.6. The van der Waals surface area contributed by atoms with E-state index in [1.165, 1.54) is 0 Å². The number of amides is 1. The lowest BCUT2D eigenvalue weighted by atomic mass is 9.99. The average molecular weight is 300 g/mol. The van der Waals surface area contributed by atoms with E-state index in [1.54, 1.807) is 0 Å². The Balaban J connectivity index is 2.52. The van der Waals surface area contributed by atoms with Crippen molar-refractivity contribution in [1.29, 1.82) is 0 Å². The van der Waals surface area contributed by atoms with Crippen molar-refractivity contribution >= 4 is 29.3 Å². The minimum atomic E-state index is -3.48. The maximum Gasteiger partial charge on any atom is 0.408 e. The van der Waals surface area contributed by atoms with Gasteiger partial charge in [-0.25, -0.2) is 18.0 Å². The lowest BCUT2D eigenvalue weighted by Gasteiger charge is -2.32. The average Bonchev–Trinajstić information content (AvgIpc) is 2.29. The summed E-state index contributed by atoms with van der Waals surface area (Å²) in [5.41, 5.74) is -0.550. The molecule has 98 valence electrons. The van der Waals surface area contributed by atoms with E-state index in [0.717, 1.165) is 12.1 Å². The summed E-state index contributed by atoms with van der Waals surface area (Å²) < 4.78 is 45.0. The van der Waals surface area contributed by atoms with Crippen molar-refractivity contribution in [2.75, 3.05) is 6.61 Å². The van der Waals surface area contributed by atoms with Gasteiger partial charge in [0.2, 0.25) is 0 Å². The number of alkyl carbamates (subject to hydrolysis) is 1. The fourth-order valence-electron chi connectivity index (χ4n) is 1.60. The molecule has 18 heavy (non-hydrogen) atoms. The predicted molar refractivity (Wildman–Crippen MR) is 58.6 cm³/mol. The van der Waals surface area contributed by atoms with Crippen LogP contribution in [-0.2, 0) is 4.74 Å². The highest BCUT2D eigenvalue weighted by Crippen LogP contribution is 2.41. The molecule has 1 N–H and O–H groups in total. The van der Waals surface area contributed by atoms with E-state index in [2.05, 4.69) is 4.74 Å². The minimum absolute atomic E-state index is 0.0791. The Hall–Kier alpha value is -1.14. The number of ether oxygens (including phenoxy) is 1. The monoisotopic (exact) mass is 299 g/mol. The van der Waals surface area contributed by atoms with Crippen LogP contribution >= 0.6 is 23.2 Å². The van der Waals surface area contributed by atoms with Crippen LogP contribution in [0.5, 0.6) is 0 Å². The van der Waals surface area contributed by atoms with E-state index in [0.29, 0.717) is 0 Å². The maximum absolute atomic E-state index is 13.6. The van der Waals surface area contributed by atoms with Crippen LogP contribution < -0.4 is 5.32 Å². The van der Waals surface area contributed by atoms with Gasteiger partial charge in [0.05, 0.1) is 10.0 Å². The molecule has 2 rings (SSSR count). The van der Waals surface area contributed by atoms with Crippen LogP contribution in [0.3, 0.4) is 0 Å². The fraction of sp³-hybridized carbons (Fsp3) is 0.300. The summed E-state index contributed by atoms with van der Waals surface area (Å²) in [6.45, 7) is -1.15.